The molecule has 1 unspecified atom stereocenters. The van der Waals surface area contributed by atoms with Gasteiger partial charge in [-0.2, -0.15) is 0 Å². The molecule has 1 heterocycles. The summed E-state index contributed by atoms with van der Waals surface area (Å²) in [6.07, 6.45) is 2.45. The number of nitrogens with one attached hydrogen (secondary N) is 2. The van der Waals surface area contributed by atoms with E-state index in [0.29, 0.717) is 6.54 Å². The van der Waals surface area contributed by atoms with Crippen molar-refractivity contribution >= 4 is 17.4 Å². The van der Waals surface area contributed by atoms with Crippen LogP contribution in [0.15, 0.2) is 0 Å². The summed E-state index contributed by atoms with van der Waals surface area (Å²) in [5.41, 5.74) is 0.497. The molecule has 0 aliphatic carbocycles. The van der Waals surface area contributed by atoms with Gasteiger partial charge in [0.05, 0.1) is 22.8 Å². The first-order valence-electron chi connectivity index (χ1n) is 7.00. The molecule has 0 radical (unpaired) electrons. The lowest BCUT2D eigenvalue weighted by molar-refractivity contribution is 0.163. The summed E-state index contributed by atoms with van der Waals surface area (Å²) < 4.78 is 0. The molecule has 6 heteroatoms. The van der Waals surface area contributed by atoms with Crippen LogP contribution in [0.2, 0.25) is 0 Å². The Labute approximate surface area is 124 Å². The second kappa shape index (κ2) is 7.59. The summed E-state index contributed by atoms with van der Waals surface area (Å²) >= 11 is 1.67. The molecule has 3 N–H and O–H groups in total. The number of aliphatic hydroxyl groups excluding tert-OH is 1. The third-order valence-electron chi connectivity index (χ3n) is 3.20. The Morgan fingerprint density at radius 1 is 1.45 bits per heavy atom. The average Bonchev–Trinajstić information content (AvgIpc) is 2.68. The maximum atomic E-state index is 11.8. The highest BCUT2D eigenvalue weighted by Gasteiger charge is 2.24. The lowest BCUT2D eigenvalue weighted by atomic mass is 9.98. The summed E-state index contributed by atoms with van der Waals surface area (Å²) in [4.78, 5) is 17.4. The van der Waals surface area contributed by atoms with E-state index < -0.39 is 5.54 Å². The number of aromatic nitrogens is 1. The van der Waals surface area contributed by atoms with Gasteiger partial charge in [-0.05, 0) is 27.2 Å². The number of carbonyl (C=O) groups is 1. The minimum Gasteiger partial charge on any atom is -0.394 e. The molecule has 0 aromatic carbocycles. The van der Waals surface area contributed by atoms with Crippen LogP contribution in [0, 0.1) is 13.8 Å². The summed E-state index contributed by atoms with van der Waals surface area (Å²) in [6.45, 7) is 8.38. The Balaban J connectivity index is 2.38. The molecule has 0 saturated heterocycles. The van der Waals surface area contributed by atoms with Crippen LogP contribution >= 0.6 is 11.3 Å². The quantitative estimate of drug-likeness (QED) is 0.722. The van der Waals surface area contributed by atoms with Crippen LogP contribution in [0.3, 0.4) is 0 Å². The SMILES string of the molecule is CCCC(C)(CO)NC(=O)NCCc1sc(C)nc1C. The van der Waals surface area contributed by atoms with Crippen molar-refractivity contribution < 1.29 is 9.90 Å². The van der Waals surface area contributed by atoms with E-state index in [-0.39, 0.29) is 12.6 Å². The summed E-state index contributed by atoms with van der Waals surface area (Å²) in [6, 6.07) is -0.228. The number of carbonyl (C=O) groups excluding carboxylic acids is 1. The van der Waals surface area contributed by atoms with Gasteiger partial charge < -0.3 is 15.7 Å². The number of hydrogen-bond donors (Lipinski definition) is 3. The first-order chi connectivity index (χ1) is 9.40. The van der Waals surface area contributed by atoms with Crippen molar-refractivity contribution in [1.29, 1.82) is 0 Å². The predicted molar refractivity (Wildman–Crippen MR) is 82.2 cm³/mol. The number of urea groups is 1. The standard InChI is InChI=1S/C14H25N3O2S/c1-5-7-14(4,9-18)17-13(19)15-8-6-12-10(2)16-11(3)20-12/h18H,5-9H2,1-4H3,(H2,15,17,19). The molecule has 2 amide bonds. The third-order valence-corrected chi connectivity index (χ3v) is 4.34. The van der Waals surface area contributed by atoms with E-state index in [9.17, 15) is 9.90 Å². The molecular weight excluding hydrogens is 274 g/mol. The lowest BCUT2D eigenvalue weighted by Gasteiger charge is -2.28. The van der Waals surface area contributed by atoms with Crippen LogP contribution in [-0.2, 0) is 6.42 Å². The molecule has 0 aliphatic rings. The Morgan fingerprint density at radius 2 is 2.15 bits per heavy atom. The van der Waals surface area contributed by atoms with E-state index in [1.54, 1.807) is 11.3 Å². The summed E-state index contributed by atoms with van der Waals surface area (Å²) in [5.74, 6) is 0. The zero-order valence-corrected chi connectivity index (χ0v) is 13.6. The zero-order chi connectivity index (χ0) is 15.2. The van der Waals surface area contributed by atoms with E-state index in [1.807, 2.05) is 27.7 Å². The van der Waals surface area contributed by atoms with Crippen LogP contribution in [-0.4, -0.2) is 34.8 Å². The highest BCUT2D eigenvalue weighted by molar-refractivity contribution is 7.11. The van der Waals surface area contributed by atoms with Gasteiger partial charge in [-0.3, -0.25) is 0 Å². The van der Waals surface area contributed by atoms with Gasteiger partial charge in [-0.25, -0.2) is 9.78 Å². The number of aryl methyl sites for hydroxylation is 2. The van der Waals surface area contributed by atoms with E-state index >= 15 is 0 Å². The number of nitrogens with zero attached hydrogens (tertiary/aromatic N) is 1. The molecule has 0 bridgehead atoms. The van der Waals surface area contributed by atoms with E-state index in [1.165, 1.54) is 4.88 Å². The number of thiazole rings is 1. The normalized spacial score (nSPS) is 13.8. The molecule has 114 valence electrons. The topological polar surface area (TPSA) is 74.2 Å². The zero-order valence-electron chi connectivity index (χ0n) is 12.7. The second-order valence-electron chi connectivity index (χ2n) is 5.34. The monoisotopic (exact) mass is 299 g/mol. The molecule has 1 aromatic heterocycles. The minimum absolute atomic E-state index is 0.0542. The highest BCUT2D eigenvalue weighted by Crippen LogP contribution is 2.17. The molecular formula is C14H25N3O2S. The minimum atomic E-state index is -0.546. The van der Waals surface area contributed by atoms with Gasteiger partial charge in [0.15, 0.2) is 0 Å². The summed E-state index contributed by atoms with van der Waals surface area (Å²) in [7, 11) is 0. The van der Waals surface area contributed by atoms with Crippen molar-refractivity contribution in [3.8, 4) is 0 Å². The van der Waals surface area contributed by atoms with Gasteiger partial charge in [-0.15, -0.1) is 11.3 Å². The van der Waals surface area contributed by atoms with Crippen LogP contribution in [0.1, 0.15) is 42.3 Å². The van der Waals surface area contributed by atoms with Crippen LogP contribution in [0.5, 0.6) is 0 Å². The van der Waals surface area contributed by atoms with Gasteiger partial charge in [0.1, 0.15) is 0 Å². The number of aliphatic hydroxyl groups is 1. The smallest absolute Gasteiger partial charge is 0.315 e. The van der Waals surface area contributed by atoms with Crippen molar-refractivity contribution in [2.45, 2.75) is 52.5 Å². The van der Waals surface area contributed by atoms with Crippen molar-refractivity contribution in [3.05, 3.63) is 15.6 Å². The van der Waals surface area contributed by atoms with Gasteiger partial charge >= 0.3 is 6.03 Å². The molecule has 5 nitrogen and oxygen atoms in total. The molecule has 1 rings (SSSR count). The fourth-order valence-corrected chi connectivity index (χ4v) is 3.08. The fourth-order valence-electron chi connectivity index (χ4n) is 2.15. The molecule has 0 saturated carbocycles. The van der Waals surface area contributed by atoms with Gasteiger partial charge in [0, 0.05) is 17.8 Å². The molecule has 0 spiro atoms. The van der Waals surface area contributed by atoms with E-state index in [2.05, 4.69) is 15.6 Å². The highest BCUT2D eigenvalue weighted by atomic mass is 32.1. The van der Waals surface area contributed by atoms with Crippen LogP contribution in [0.4, 0.5) is 4.79 Å². The van der Waals surface area contributed by atoms with Gasteiger partial charge in [0.2, 0.25) is 0 Å². The Morgan fingerprint density at radius 3 is 2.65 bits per heavy atom. The molecule has 1 aromatic rings. The maximum absolute atomic E-state index is 11.8. The number of amides is 2. The van der Waals surface area contributed by atoms with Crippen molar-refractivity contribution in [3.63, 3.8) is 0 Å². The van der Waals surface area contributed by atoms with Gasteiger partial charge in [-0.1, -0.05) is 13.3 Å². The Kier molecular flexibility index (Phi) is 6.42. The van der Waals surface area contributed by atoms with Crippen LogP contribution < -0.4 is 10.6 Å². The third kappa shape index (κ3) is 5.09. The summed E-state index contributed by atoms with van der Waals surface area (Å²) in [5, 5.41) is 16.1. The van der Waals surface area contributed by atoms with E-state index in [4.69, 9.17) is 0 Å². The Bertz CT molecular complexity index is 448. The fraction of sp³-hybridized carbons (Fsp3) is 0.714. The lowest BCUT2D eigenvalue weighted by Crippen LogP contribution is -2.52. The molecule has 1 atom stereocenters. The van der Waals surface area contributed by atoms with E-state index in [0.717, 1.165) is 30.0 Å². The molecule has 0 aliphatic heterocycles. The van der Waals surface area contributed by atoms with Gasteiger partial charge in [0.25, 0.3) is 0 Å². The first-order valence-corrected chi connectivity index (χ1v) is 7.81. The van der Waals surface area contributed by atoms with Crippen molar-refractivity contribution in [2.75, 3.05) is 13.2 Å². The molecule has 0 fully saturated rings. The number of rotatable bonds is 7. The largest absolute Gasteiger partial charge is 0.394 e. The maximum Gasteiger partial charge on any atom is 0.315 e. The Hall–Kier alpha value is -1.14. The van der Waals surface area contributed by atoms with Crippen molar-refractivity contribution in [2.24, 2.45) is 0 Å². The first kappa shape index (κ1) is 16.9. The van der Waals surface area contributed by atoms with Crippen molar-refractivity contribution in [1.82, 2.24) is 15.6 Å². The number of hydrogen-bond acceptors (Lipinski definition) is 4. The predicted octanol–water partition coefficient (Wildman–Crippen LogP) is 2.15. The second-order valence-corrected chi connectivity index (χ2v) is 6.63. The average molecular weight is 299 g/mol. The van der Waals surface area contributed by atoms with Crippen LogP contribution in [0.25, 0.3) is 0 Å². The molecule has 20 heavy (non-hydrogen) atoms.